The summed E-state index contributed by atoms with van der Waals surface area (Å²) in [5.41, 5.74) is 5.52. The molecule has 2 saturated carbocycles. The molecule has 22 heteroatoms. The molecule has 3 heterocycles. The molecule has 9 atom stereocenters. The minimum Gasteiger partial charge on any atom is -0.451 e. The van der Waals surface area contributed by atoms with Crippen LogP contribution in [-0.2, 0) is 78.4 Å². The monoisotopic (exact) mass is 1240 g/mol. The normalized spacial score (nSPS) is 24.4. The van der Waals surface area contributed by atoms with E-state index in [4.69, 9.17) is 24.0 Å². The van der Waals surface area contributed by atoms with E-state index in [1.54, 1.807) is 24.3 Å². The molecule has 3 aliphatic rings. The third-order valence-corrected chi connectivity index (χ3v) is 17.0. The molecule has 2 aliphatic carbocycles. The van der Waals surface area contributed by atoms with Gasteiger partial charge in [0.15, 0.2) is 30.3 Å². The standard InChI is InChI=1S/C68H92N10O12/c1-39(2)27-55-65(83)87-44(10)62(80)74(12)58(30-42(7)8)68(86)90-60(32-46-17-21-48(22-18-46)38-78-54(50-25-26-50)34-53(72-78)49-23-24-49)64(82)76(14)56(28-40(3)4)66(84)88-43(9)61(79)73(11)57(29-41(5)6)67(85)89-59(63(81)75(55)13)31-45-15-19-47(20-16-45)37-77-52(36-70)33-51(35-69)71-77/h15-22,33-34,39-44,49-50,55-60,68,86H,23-32,37-38H2,1-14H3/t43-,44-,55+,56+,57+,58+,59-,60-,68?/m1/s1. The molecule has 1 N–H and O–H groups in total. The number of carbonyl (C=O) groups excluding carboxylic acids is 7. The summed E-state index contributed by atoms with van der Waals surface area (Å²) in [5.74, 6) is -5.51. The number of benzene rings is 2. The van der Waals surface area contributed by atoms with Gasteiger partial charge in [-0.25, -0.2) is 19.1 Å². The molecule has 0 bridgehead atoms. The smallest absolute Gasteiger partial charge is 0.329 e. The minimum atomic E-state index is -1.81. The lowest BCUT2D eigenvalue weighted by atomic mass is 9.99. The van der Waals surface area contributed by atoms with E-state index in [9.17, 15) is 39.6 Å². The number of carbonyl (C=O) groups is 7. The highest BCUT2D eigenvalue weighted by Gasteiger charge is 2.43. The Morgan fingerprint density at radius 2 is 0.922 bits per heavy atom. The summed E-state index contributed by atoms with van der Waals surface area (Å²) < 4.78 is 28.1. The fraction of sp³-hybridized carbons (Fsp3) is 0.603. The molecule has 2 aromatic heterocycles. The van der Waals surface area contributed by atoms with Crippen LogP contribution in [0.25, 0.3) is 0 Å². The predicted molar refractivity (Wildman–Crippen MR) is 332 cm³/mol. The summed E-state index contributed by atoms with van der Waals surface area (Å²) in [5, 5.41) is 40.6. The molecule has 90 heavy (non-hydrogen) atoms. The van der Waals surface area contributed by atoms with Gasteiger partial charge in [0, 0.05) is 64.6 Å². The van der Waals surface area contributed by atoms with Crippen LogP contribution in [0.1, 0.15) is 177 Å². The molecule has 7 rings (SSSR count). The van der Waals surface area contributed by atoms with Crippen molar-refractivity contribution in [1.82, 2.24) is 39.2 Å². The van der Waals surface area contributed by atoms with Crippen molar-refractivity contribution in [3.63, 3.8) is 0 Å². The number of hydrogen-bond acceptors (Lipinski definition) is 16. The molecule has 0 spiro atoms. The summed E-state index contributed by atoms with van der Waals surface area (Å²) in [7, 11) is 5.63. The molecule has 1 aliphatic heterocycles. The van der Waals surface area contributed by atoms with Gasteiger partial charge in [-0.15, -0.1) is 0 Å². The first-order chi connectivity index (χ1) is 42.6. The number of aliphatic hydroxyl groups excluding tert-OH is 1. The summed E-state index contributed by atoms with van der Waals surface area (Å²) in [4.78, 5) is 108. The molecular formula is C68H92N10O12. The summed E-state index contributed by atoms with van der Waals surface area (Å²) in [6.07, 6.45) is -3.18. The fourth-order valence-electron chi connectivity index (χ4n) is 11.5. The van der Waals surface area contributed by atoms with Crippen LogP contribution in [0, 0.1) is 46.3 Å². The Bertz CT molecular complexity index is 3260. The quantitative estimate of drug-likeness (QED) is 0.0748. The zero-order valence-corrected chi connectivity index (χ0v) is 54.8. The largest absolute Gasteiger partial charge is 0.451 e. The van der Waals surface area contributed by atoms with Gasteiger partial charge in [-0.05, 0) is 117 Å². The number of aromatic nitrogens is 4. The minimum absolute atomic E-state index is 0.0512. The molecule has 4 aromatic rings. The Morgan fingerprint density at radius 3 is 1.37 bits per heavy atom. The third-order valence-electron chi connectivity index (χ3n) is 17.0. The molecule has 3 fully saturated rings. The van der Waals surface area contributed by atoms with E-state index in [-0.39, 0.29) is 80.1 Å². The number of ether oxygens (including phenoxy) is 4. The van der Waals surface area contributed by atoms with Crippen molar-refractivity contribution in [2.24, 2.45) is 23.7 Å². The SMILES string of the molecule is CC(C)C[C@H]1C(=O)O[C@H](Cc2ccc(Cn3nc(C#N)cc3C#N)cc2)C(=O)N(C)[C@@H](CC(C)C)C(=O)O[C@H](C)C(=O)N(C)[C@@H](CC(C)C)C(O)O[C@H](Cc2ccc(Cn3nc(C4CC4)cc3C3CC3)cc2)C(=O)N(C)[C@@H](CC(C)C)C(=O)O[C@H](C)C(=O)N1C. The number of rotatable bonds is 18. The van der Waals surface area contributed by atoms with Crippen molar-refractivity contribution in [3.8, 4) is 12.1 Å². The van der Waals surface area contributed by atoms with E-state index >= 15 is 9.59 Å². The van der Waals surface area contributed by atoms with E-state index in [0.29, 0.717) is 35.1 Å². The average molecular weight is 1240 g/mol. The highest BCUT2D eigenvalue weighted by atomic mass is 16.6. The topological polar surface area (TPSA) is 273 Å². The first-order valence-electron chi connectivity index (χ1n) is 31.7. The molecule has 4 amide bonds. The second-order valence-electron chi connectivity index (χ2n) is 26.6. The lowest BCUT2D eigenvalue weighted by Crippen LogP contribution is -2.55. The summed E-state index contributed by atoms with van der Waals surface area (Å²) in [6.45, 7) is 18.3. The van der Waals surface area contributed by atoms with Crippen LogP contribution in [0.3, 0.4) is 0 Å². The highest BCUT2D eigenvalue weighted by Crippen LogP contribution is 2.45. The maximum absolute atomic E-state index is 15.2. The van der Waals surface area contributed by atoms with Crippen molar-refractivity contribution < 1.29 is 57.6 Å². The van der Waals surface area contributed by atoms with E-state index in [1.807, 2.05) is 91.8 Å². The molecule has 22 nitrogen and oxygen atoms in total. The number of cyclic esters (lactones) is 3. The molecule has 2 aromatic carbocycles. The molecule has 486 valence electrons. The molecule has 0 radical (unpaired) electrons. The van der Waals surface area contributed by atoms with Crippen LogP contribution < -0.4 is 0 Å². The third kappa shape index (κ3) is 18.1. The number of nitrogens with zero attached hydrogens (tertiary/aromatic N) is 10. The van der Waals surface area contributed by atoms with Crippen LogP contribution in [-0.4, -0.2) is 169 Å². The lowest BCUT2D eigenvalue weighted by Gasteiger charge is -2.37. The van der Waals surface area contributed by atoms with E-state index in [1.165, 1.54) is 68.3 Å². The van der Waals surface area contributed by atoms with Crippen LogP contribution in [0.5, 0.6) is 0 Å². The van der Waals surface area contributed by atoms with Gasteiger partial charge >= 0.3 is 17.9 Å². The van der Waals surface area contributed by atoms with Gasteiger partial charge < -0.3 is 43.7 Å². The lowest BCUT2D eigenvalue weighted by molar-refractivity contribution is -0.194. The van der Waals surface area contributed by atoms with E-state index in [0.717, 1.165) is 46.7 Å². The second-order valence-corrected chi connectivity index (χ2v) is 26.6. The molecular weight excluding hydrogens is 1150 g/mol. The zero-order chi connectivity index (χ0) is 66.0. The van der Waals surface area contributed by atoms with Gasteiger partial charge in [-0.2, -0.15) is 20.7 Å². The van der Waals surface area contributed by atoms with Gasteiger partial charge in [0.2, 0.25) is 0 Å². The Hall–Kier alpha value is -7.95. The number of esters is 3. The van der Waals surface area contributed by atoms with Crippen molar-refractivity contribution in [1.29, 1.82) is 10.5 Å². The van der Waals surface area contributed by atoms with Crippen molar-refractivity contribution >= 4 is 41.5 Å². The Labute approximate surface area is 529 Å². The van der Waals surface area contributed by atoms with Crippen LogP contribution in [0.15, 0.2) is 60.7 Å². The van der Waals surface area contributed by atoms with Crippen LogP contribution in [0.4, 0.5) is 0 Å². The number of nitriles is 2. The van der Waals surface area contributed by atoms with Gasteiger partial charge in [0.25, 0.3) is 23.6 Å². The van der Waals surface area contributed by atoms with Crippen molar-refractivity contribution in [2.45, 2.75) is 213 Å². The van der Waals surface area contributed by atoms with Crippen LogP contribution in [0.2, 0.25) is 0 Å². The number of hydrogen-bond donors (Lipinski definition) is 1. The Morgan fingerprint density at radius 1 is 0.511 bits per heavy atom. The first kappa shape index (κ1) is 69.5. The number of amides is 4. The maximum Gasteiger partial charge on any atom is 0.329 e. The molecule has 1 unspecified atom stereocenters. The summed E-state index contributed by atoms with van der Waals surface area (Å²) >= 11 is 0. The number of likely N-dealkylation sites (N-methyl/N-ethyl adjacent to an activating group) is 4. The Kier molecular flexibility index (Phi) is 23.7. The van der Waals surface area contributed by atoms with E-state index < -0.39 is 96.4 Å². The first-order valence-corrected chi connectivity index (χ1v) is 31.7. The zero-order valence-electron chi connectivity index (χ0n) is 54.8. The van der Waals surface area contributed by atoms with Crippen molar-refractivity contribution in [2.75, 3.05) is 28.2 Å². The second kappa shape index (κ2) is 30.7. The van der Waals surface area contributed by atoms with Gasteiger partial charge in [0.05, 0.1) is 24.8 Å². The van der Waals surface area contributed by atoms with Crippen LogP contribution >= 0.6 is 0 Å². The fourth-order valence-corrected chi connectivity index (χ4v) is 11.5. The number of aliphatic hydroxyl groups is 1. The van der Waals surface area contributed by atoms with Gasteiger partial charge in [-0.3, -0.25) is 23.9 Å². The van der Waals surface area contributed by atoms with E-state index in [2.05, 4.69) is 15.8 Å². The maximum atomic E-state index is 15.2. The summed E-state index contributed by atoms with van der Waals surface area (Å²) in [6, 6.07) is 17.2. The van der Waals surface area contributed by atoms with Crippen molar-refractivity contribution in [3.05, 3.63) is 106 Å². The van der Waals surface area contributed by atoms with Gasteiger partial charge in [-0.1, -0.05) is 104 Å². The predicted octanol–water partition coefficient (Wildman–Crippen LogP) is 7.44. The highest BCUT2D eigenvalue weighted by molar-refractivity contribution is 5.93. The Balaban J connectivity index is 1.24. The van der Waals surface area contributed by atoms with Gasteiger partial charge in [0.1, 0.15) is 42.1 Å². The average Bonchev–Trinajstić information content (AvgIpc) is 1.63. The molecule has 1 saturated heterocycles.